The van der Waals surface area contributed by atoms with Crippen LogP contribution in [-0.4, -0.2) is 42.9 Å². The van der Waals surface area contributed by atoms with Gasteiger partial charge in [-0.2, -0.15) is 0 Å². The van der Waals surface area contributed by atoms with Crippen LogP contribution < -0.4 is 10.6 Å². The lowest BCUT2D eigenvalue weighted by Crippen LogP contribution is -2.43. The Bertz CT molecular complexity index is 546. The van der Waals surface area contributed by atoms with Gasteiger partial charge in [-0.1, -0.05) is 23.8 Å². The number of carbonyl (C=O) groups is 2. The van der Waals surface area contributed by atoms with Crippen LogP contribution >= 0.6 is 0 Å². The normalized spacial score (nSPS) is 15.9. The van der Waals surface area contributed by atoms with Crippen LogP contribution in [0.2, 0.25) is 0 Å². The van der Waals surface area contributed by atoms with Crippen LogP contribution in [-0.2, 0) is 9.59 Å². The summed E-state index contributed by atoms with van der Waals surface area (Å²) in [6, 6.07) is 7.76. The van der Waals surface area contributed by atoms with Gasteiger partial charge in [-0.25, -0.2) is 0 Å². The van der Waals surface area contributed by atoms with E-state index in [9.17, 15) is 9.59 Å². The Morgan fingerprint density at radius 3 is 2.52 bits per heavy atom. The first-order valence-electron chi connectivity index (χ1n) is 8.06. The summed E-state index contributed by atoms with van der Waals surface area (Å²) in [5.74, 6) is 0.128. The zero-order valence-electron chi connectivity index (χ0n) is 13.7. The number of amides is 2. The summed E-state index contributed by atoms with van der Waals surface area (Å²) in [6.45, 7) is 8.03. The van der Waals surface area contributed by atoms with Gasteiger partial charge in [-0.15, -0.1) is 6.58 Å². The second kappa shape index (κ2) is 8.48. The predicted octanol–water partition coefficient (Wildman–Crippen LogP) is 1.95. The minimum Gasteiger partial charge on any atom is -0.352 e. The fraction of sp³-hybridized carbons (Fsp3) is 0.444. The molecule has 0 aliphatic carbocycles. The Kier molecular flexibility index (Phi) is 6.35. The van der Waals surface area contributed by atoms with E-state index in [4.69, 9.17) is 0 Å². The van der Waals surface area contributed by atoms with Crippen LogP contribution in [0.5, 0.6) is 0 Å². The van der Waals surface area contributed by atoms with Crippen molar-refractivity contribution >= 4 is 17.5 Å². The van der Waals surface area contributed by atoms with E-state index < -0.39 is 0 Å². The predicted molar refractivity (Wildman–Crippen MR) is 92.2 cm³/mol. The fourth-order valence-corrected chi connectivity index (χ4v) is 2.71. The van der Waals surface area contributed by atoms with Crippen molar-refractivity contribution in [2.24, 2.45) is 5.92 Å². The number of carbonyl (C=O) groups excluding carboxylic acids is 2. The summed E-state index contributed by atoms with van der Waals surface area (Å²) in [7, 11) is 0. The standard InChI is InChI=1S/C18H25N3O2/c1-3-10-19-18(23)15-8-11-21(12-9-15)13-17(22)20-16-6-4-14(2)5-7-16/h3-7,15H,1,8-13H2,2H3,(H,19,23)(H,20,22). The molecule has 0 radical (unpaired) electrons. The average Bonchev–Trinajstić information content (AvgIpc) is 2.55. The van der Waals surface area contributed by atoms with Gasteiger partial charge in [-0.05, 0) is 45.0 Å². The molecular formula is C18H25N3O2. The van der Waals surface area contributed by atoms with Gasteiger partial charge in [-0.3, -0.25) is 14.5 Å². The Morgan fingerprint density at radius 2 is 1.91 bits per heavy atom. The molecule has 0 unspecified atom stereocenters. The number of nitrogens with zero attached hydrogens (tertiary/aromatic N) is 1. The van der Waals surface area contributed by atoms with Gasteiger partial charge in [0.05, 0.1) is 6.54 Å². The molecule has 0 bridgehead atoms. The van der Waals surface area contributed by atoms with Crippen molar-refractivity contribution in [2.45, 2.75) is 19.8 Å². The Labute approximate surface area is 137 Å². The van der Waals surface area contributed by atoms with Gasteiger partial charge in [0.15, 0.2) is 0 Å². The summed E-state index contributed by atoms with van der Waals surface area (Å²) in [6.07, 6.45) is 3.27. The zero-order valence-corrected chi connectivity index (χ0v) is 13.7. The summed E-state index contributed by atoms with van der Waals surface area (Å²) < 4.78 is 0. The molecule has 1 saturated heterocycles. The van der Waals surface area contributed by atoms with E-state index in [2.05, 4.69) is 22.1 Å². The minimum atomic E-state index is -0.0107. The summed E-state index contributed by atoms with van der Waals surface area (Å²) >= 11 is 0. The van der Waals surface area contributed by atoms with Gasteiger partial charge in [0.1, 0.15) is 0 Å². The molecular weight excluding hydrogens is 290 g/mol. The highest BCUT2D eigenvalue weighted by molar-refractivity contribution is 5.92. The van der Waals surface area contributed by atoms with Gasteiger partial charge < -0.3 is 10.6 Å². The molecule has 0 saturated carbocycles. The third kappa shape index (κ3) is 5.53. The lowest BCUT2D eigenvalue weighted by molar-refractivity contribution is -0.126. The molecule has 5 nitrogen and oxygen atoms in total. The van der Waals surface area contributed by atoms with Crippen LogP contribution in [0.1, 0.15) is 18.4 Å². The van der Waals surface area contributed by atoms with Crippen molar-refractivity contribution in [1.29, 1.82) is 0 Å². The molecule has 2 N–H and O–H groups in total. The number of aryl methyl sites for hydroxylation is 1. The Hall–Kier alpha value is -2.14. The first-order valence-corrected chi connectivity index (χ1v) is 8.06. The number of rotatable bonds is 6. The van der Waals surface area contributed by atoms with Crippen molar-refractivity contribution < 1.29 is 9.59 Å². The molecule has 1 heterocycles. The van der Waals surface area contributed by atoms with E-state index in [1.54, 1.807) is 6.08 Å². The largest absolute Gasteiger partial charge is 0.352 e. The highest BCUT2D eigenvalue weighted by atomic mass is 16.2. The van der Waals surface area contributed by atoms with Crippen molar-refractivity contribution in [3.63, 3.8) is 0 Å². The molecule has 1 aliphatic rings. The molecule has 1 aromatic carbocycles. The summed E-state index contributed by atoms with van der Waals surface area (Å²) in [4.78, 5) is 26.1. The minimum absolute atomic E-state index is 0.0107. The lowest BCUT2D eigenvalue weighted by Gasteiger charge is -2.30. The van der Waals surface area contributed by atoms with Crippen molar-refractivity contribution in [2.75, 3.05) is 31.5 Å². The fourth-order valence-electron chi connectivity index (χ4n) is 2.71. The number of hydrogen-bond acceptors (Lipinski definition) is 3. The monoisotopic (exact) mass is 315 g/mol. The quantitative estimate of drug-likeness (QED) is 0.789. The average molecular weight is 315 g/mol. The number of likely N-dealkylation sites (tertiary alicyclic amines) is 1. The van der Waals surface area contributed by atoms with Crippen molar-refractivity contribution in [1.82, 2.24) is 10.2 Å². The maximum atomic E-state index is 12.1. The van der Waals surface area contributed by atoms with Crippen LogP contribution in [0.15, 0.2) is 36.9 Å². The number of hydrogen-bond donors (Lipinski definition) is 2. The zero-order chi connectivity index (χ0) is 16.7. The van der Waals surface area contributed by atoms with Crippen molar-refractivity contribution in [3.8, 4) is 0 Å². The molecule has 0 aromatic heterocycles. The van der Waals surface area contributed by atoms with E-state index in [1.165, 1.54) is 5.56 Å². The number of piperidine rings is 1. The number of nitrogens with one attached hydrogen (secondary N) is 2. The number of anilines is 1. The molecule has 5 heteroatoms. The van der Waals surface area contributed by atoms with E-state index in [0.717, 1.165) is 31.6 Å². The molecule has 0 spiro atoms. The molecule has 0 atom stereocenters. The lowest BCUT2D eigenvalue weighted by atomic mass is 9.96. The smallest absolute Gasteiger partial charge is 0.238 e. The van der Waals surface area contributed by atoms with Crippen LogP contribution in [0, 0.1) is 12.8 Å². The maximum absolute atomic E-state index is 12.1. The molecule has 2 rings (SSSR count). The topological polar surface area (TPSA) is 61.4 Å². The van der Waals surface area contributed by atoms with Gasteiger partial charge in [0, 0.05) is 18.2 Å². The Balaban J connectivity index is 1.73. The second-order valence-corrected chi connectivity index (χ2v) is 6.00. The molecule has 124 valence electrons. The molecule has 1 fully saturated rings. The highest BCUT2D eigenvalue weighted by Gasteiger charge is 2.25. The van der Waals surface area contributed by atoms with Crippen LogP contribution in [0.25, 0.3) is 0 Å². The van der Waals surface area contributed by atoms with Crippen LogP contribution in [0.3, 0.4) is 0 Å². The van der Waals surface area contributed by atoms with Gasteiger partial charge >= 0.3 is 0 Å². The first-order chi connectivity index (χ1) is 11.1. The molecule has 23 heavy (non-hydrogen) atoms. The summed E-state index contributed by atoms with van der Waals surface area (Å²) in [5, 5.41) is 5.75. The third-order valence-corrected chi connectivity index (χ3v) is 4.08. The number of benzene rings is 1. The van der Waals surface area contributed by atoms with Gasteiger partial charge in [0.2, 0.25) is 11.8 Å². The van der Waals surface area contributed by atoms with E-state index in [0.29, 0.717) is 13.1 Å². The first kappa shape index (κ1) is 17.2. The van der Waals surface area contributed by atoms with Crippen LogP contribution in [0.4, 0.5) is 5.69 Å². The van der Waals surface area contributed by atoms with E-state index >= 15 is 0 Å². The molecule has 2 amide bonds. The third-order valence-electron chi connectivity index (χ3n) is 4.08. The maximum Gasteiger partial charge on any atom is 0.238 e. The SMILES string of the molecule is C=CCNC(=O)C1CCN(CC(=O)Nc2ccc(C)cc2)CC1. The summed E-state index contributed by atoms with van der Waals surface area (Å²) in [5.41, 5.74) is 1.99. The van der Waals surface area contributed by atoms with E-state index in [-0.39, 0.29) is 17.7 Å². The molecule has 1 aliphatic heterocycles. The van der Waals surface area contributed by atoms with E-state index in [1.807, 2.05) is 31.2 Å². The Morgan fingerprint density at radius 1 is 1.26 bits per heavy atom. The van der Waals surface area contributed by atoms with Gasteiger partial charge in [0.25, 0.3) is 0 Å². The van der Waals surface area contributed by atoms with Crippen molar-refractivity contribution in [3.05, 3.63) is 42.5 Å². The second-order valence-electron chi connectivity index (χ2n) is 6.00. The highest BCUT2D eigenvalue weighted by Crippen LogP contribution is 2.17. The molecule has 1 aromatic rings.